The maximum Gasteiger partial charge on any atom is 0.416 e. The van der Waals surface area contributed by atoms with Crippen molar-refractivity contribution in [1.29, 1.82) is 0 Å². The molecule has 1 aromatic carbocycles. The third-order valence-corrected chi connectivity index (χ3v) is 3.16. The van der Waals surface area contributed by atoms with Crippen molar-refractivity contribution in [2.45, 2.75) is 32.0 Å². The van der Waals surface area contributed by atoms with Crippen molar-refractivity contribution in [2.75, 3.05) is 0 Å². The summed E-state index contributed by atoms with van der Waals surface area (Å²) in [5.41, 5.74) is -3.52. The van der Waals surface area contributed by atoms with E-state index in [1.54, 1.807) is 0 Å². The number of benzene rings is 1. The molecule has 0 aliphatic heterocycles. The van der Waals surface area contributed by atoms with Crippen molar-refractivity contribution in [3.63, 3.8) is 0 Å². The van der Waals surface area contributed by atoms with E-state index in [0.29, 0.717) is 0 Å². The van der Waals surface area contributed by atoms with E-state index in [1.165, 1.54) is 19.1 Å². The molecule has 2 N–H and O–H groups in total. The Balaban J connectivity index is 3.40. The van der Waals surface area contributed by atoms with Crippen molar-refractivity contribution in [3.05, 3.63) is 35.4 Å². The first-order valence-corrected chi connectivity index (χ1v) is 5.74. The summed E-state index contributed by atoms with van der Waals surface area (Å²) in [6.07, 6.45) is -4.62. The Morgan fingerprint density at radius 2 is 1.74 bits per heavy atom. The van der Waals surface area contributed by atoms with Gasteiger partial charge in [-0.3, -0.25) is 4.79 Å². The molecule has 2 unspecified atom stereocenters. The van der Waals surface area contributed by atoms with Gasteiger partial charge in [0.05, 0.1) is 11.5 Å². The van der Waals surface area contributed by atoms with Crippen LogP contribution in [-0.4, -0.2) is 16.2 Å². The monoisotopic (exact) mass is 276 g/mol. The molecule has 0 aliphatic carbocycles. The molecule has 0 heterocycles. The fourth-order valence-electron chi connectivity index (χ4n) is 2.17. The summed E-state index contributed by atoms with van der Waals surface area (Å²) in [4.78, 5) is 11.1. The van der Waals surface area contributed by atoms with E-state index in [2.05, 4.69) is 0 Å². The van der Waals surface area contributed by atoms with Crippen molar-refractivity contribution >= 4 is 5.97 Å². The lowest BCUT2D eigenvalue weighted by molar-refractivity contribution is -0.155. The van der Waals surface area contributed by atoms with Crippen LogP contribution in [0.3, 0.4) is 0 Å². The van der Waals surface area contributed by atoms with Crippen LogP contribution in [0.1, 0.15) is 31.4 Å². The van der Waals surface area contributed by atoms with Crippen molar-refractivity contribution < 1.29 is 28.2 Å². The third-order valence-electron chi connectivity index (χ3n) is 3.16. The topological polar surface area (TPSA) is 57.5 Å². The van der Waals surface area contributed by atoms with Crippen LogP contribution in [0.4, 0.5) is 13.2 Å². The second-order valence-corrected chi connectivity index (χ2v) is 4.49. The predicted octanol–water partition coefficient (Wildman–Crippen LogP) is 3.02. The molecule has 0 aliphatic rings. The van der Waals surface area contributed by atoms with Crippen LogP contribution < -0.4 is 0 Å². The summed E-state index contributed by atoms with van der Waals surface area (Å²) in [6, 6.07) is 4.48. The number of carbonyl (C=O) groups is 1. The number of carboxylic acid groups (broad SMARTS) is 1. The van der Waals surface area contributed by atoms with Gasteiger partial charge in [-0.15, -0.1) is 0 Å². The molecule has 0 bridgehead atoms. The molecule has 1 rings (SSSR count). The highest BCUT2D eigenvalue weighted by atomic mass is 19.4. The first-order chi connectivity index (χ1) is 8.62. The minimum Gasteiger partial charge on any atom is -0.481 e. The van der Waals surface area contributed by atoms with Gasteiger partial charge in [-0.1, -0.05) is 25.1 Å². The summed E-state index contributed by atoms with van der Waals surface area (Å²) in [5.74, 6) is -2.64. The molecule has 0 aromatic heterocycles. The van der Waals surface area contributed by atoms with E-state index in [1.807, 2.05) is 0 Å². The smallest absolute Gasteiger partial charge is 0.416 e. The number of hydrogen-bond donors (Lipinski definition) is 2. The van der Waals surface area contributed by atoms with Crippen molar-refractivity contribution in [2.24, 2.45) is 5.92 Å². The molecule has 106 valence electrons. The Morgan fingerprint density at radius 1 is 1.26 bits per heavy atom. The molecule has 3 nitrogen and oxygen atoms in total. The molecule has 0 saturated carbocycles. The fraction of sp³-hybridized carbons (Fsp3) is 0.462. The summed E-state index contributed by atoms with van der Waals surface area (Å²) in [6.45, 7) is 2.60. The number of alkyl halides is 3. The minimum absolute atomic E-state index is 0.0223. The maximum atomic E-state index is 12.9. The second kappa shape index (κ2) is 5.21. The average Bonchev–Trinajstić information content (AvgIpc) is 2.27. The normalized spacial score (nSPS) is 16.7. The second-order valence-electron chi connectivity index (χ2n) is 4.49. The van der Waals surface area contributed by atoms with E-state index in [0.717, 1.165) is 19.1 Å². The van der Waals surface area contributed by atoms with Gasteiger partial charge >= 0.3 is 12.1 Å². The molecular weight excluding hydrogens is 261 g/mol. The van der Waals surface area contributed by atoms with Gasteiger partial charge in [-0.25, -0.2) is 0 Å². The first-order valence-electron chi connectivity index (χ1n) is 5.74. The Hall–Kier alpha value is -1.56. The van der Waals surface area contributed by atoms with Crippen molar-refractivity contribution in [3.8, 4) is 0 Å². The quantitative estimate of drug-likeness (QED) is 0.888. The lowest BCUT2D eigenvalue weighted by Gasteiger charge is -2.32. The van der Waals surface area contributed by atoms with E-state index in [-0.39, 0.29) is 6.42 Å². The van der Waals surface area contributed by atoms with Gasteiger partial charge in [0.1, 0.15) is 5.60 Å². The molecule has 2 atom stereocenters. The SMILES string of the molecule is CCC(C(=O)O)C(C)(O)c1ccccc1C(F)(F)F. The molecule has 0 fully saturated rings. The molecule has 0 saturated heterocycles. The standard InChI is InChI=1S/C13H15F3O3/c1-3-8(11(17)18)12(2,19)9-6-4-5-7-10(9)13(14,15)16/h4-8,19H,3H2,1-2H3,(H,17,18). The summed E-state index contributed by atoms with van der Waals surface area (Å²) in [7, 11) is 0. The Labute approximate surface area is 108 Å². The van der Waals surface area contributed by atoms with Gasteiger partial charge in [0, 0.05) is 0 Å². The van der Waals surface area contributed by atoms with Gasteiger partial charge < -0.3 is 10.2 Å². The molecular formula is C13H15F3O3. The first kappa shape index (κ1) is 15.5. The fourth-order valence-corrected chi connectivity index (χ4v) is 2.17. The predicted molar refractivity (Wildman–Crippen MR) is 62.4 cm³/mol. The summed E-state index contributed by atoms with van der Waals surface area (Å²) in [5, 5.41) is 19.3. The number of aliphatic hydroxyl groups is 1. The Morgan fingerprint density at radius 3 is 2.11 bits per heavy atom. The Kier molecular flexibility index (Phi) is 4.25. The van der Waals surface area contributed by atoms with Crippen LogP contribution in [0.25, 0.3) is 0 Å². The molecule has 1 aromatic rings. The van der Waals surface area contributed by atoms with Gasteiger partial charge in [0.15, 0.2) is 0 Å². The molecule has 0 spiro atoms. The maximum absolute atomic E-state index is 12.9. The van der Waals surface area contributed by atoms with Crippen LogP contribution >= 0.6 is 0 Å². The highest BCUT2D eigenvalue weighted by Crippen LogP contribution is 2.40. The third kappa shape index (κ3) is 3.07. The van der Waals surface area contributed by atoms with Crippen LogP contribution in [-0.2, 0) is 16.6 Å². The van der Waals surface area contributed by atoms with Gasteiger partial charge in [0.2, 0.25) is 0 Å². The molecule has 0 radical (unpaired) electrons. The zero-order chi connectivity index (χ0) is 14.8. The highest BCUT2D eigenvalue weighted by Gasteiger charge is 2.44. The minimum atomic E-state index is -4.64. The van der Waals surface area contributed by atoms with Crippen LogP contribution in [0.15, 0.2) is 24.3 Å². The van der Waals surface area contributed by atoms with Gasteiger partial charge in [0.25, 0.3) is 0 Å². The number of carboxylic acids is 1. The van der Waals surface area contributed by atoms with Crippen LogP contribution in [0.5, 0.6) is 0 Å². The molecule has 0 amide bonds. The highest BCUT2D eigenvalue weighted by molar-refractivity contribution is 5.72. The van der Waals surface area contributed by atoms with E-state index < -0.39 is 34.8 Å². The average molecular weight is 276 g/mol. The van der Waals surface area contributed by atoms with Crippen molar-refractivity contribution in [1.82, 2.24) is 0 Å². The number of halogens is 3. The van der Waals surface area contributed by atoms with E-state index in [9.17, 15) is 23.1 Å². The van der Waals surface area contributed by atoms with Gasteiger partial charge in [-0.05, 0) is 25.0 Å². The Bertz CT molecular complexity index is 466. The van der Waals surface area contributed by atoms with E-state index in [4.69, 9.17) is 5.11 Å². The lowest BCUT2D eigenvalue weighted by atomic mass is 9.79. The van der Waals surface area contributed by atoms with Crippen LogP contribution in [0, 0.1) is 5.92 Å². The summed E-state index contributed by atoms with van der Waals surface area (Å²) < 4.78 is 38.7. The molecule has 19 heavy (non-hydrogen) atoms. The summed E-state index contributed by atoms with van der Waals surface area (Å²) >= 11 is 0. The number of rotatable bonds is 4. The number of hydrogen-bond acceptors (Lipinski definition) is 2. The number of aliphatic carboxylic acids is 1. The molecule has 6 heteroatoms. The van der Waals surface area contributed by atoms with Crippen LogP contribution in [0.2, 0.25) is 0 Å². The zero-order valence-electron chi connectivity index (χ0n) is 10.5. The lowest BCUT2D eigenvalue weighted by Crippen LogP contribution is -2.38. The van der Waals surface area contributed by atoms with Gasteiger partial charge in [-0.2, -0.15) is 13.2 Å². The largest absolute Gasteiger partial charge is 0.481 e. The van der Waals surface area contributed by atoms with E-state index >= 15 is 0 Å². The zero-order valence-corrected chi connectivity index (χ0v) is 10.5.